The van der Waals surface area contributed by atoms with Crippen LogP contribution in [0, 0.1) is 0 Å². The van der Waals surface area contributed by atoms with E-state index in [1.165, 1.54) is 12.1 Å². The van der Waals surface area contributed by atoms with Gasteiger partial charge in [0.2, 0.25) is 10.0 Å². The Balaban J connectivity index is 1.53. The average Bonchev–Trinajstić information content (AvgIpc) is 2.74. The molecule has 0 aromatic heterocycles. The highest BCUT2D eigenvalue weighted by Gasteiger charge is 2.17. The normalized spacial score (nSPS) is 13.1. The number of para-hydroxylation sites is 1. The van der Waals surface area contributed by atoms with Gasteiger partial charge in [-0.2, -0.15) is 5.10 Å². The summed E-state index contributed by atoms with van der Waals surface area (Å²) < 4.78 is 23.2. The predicted octanol–water partition coefficient (Wildman–Crippen LogP) is 4.35. The van der Waals surface area contributed by atoms with Crippen LogP contribution < -0.4 is 15.9 Å². The Morgan fingerprint density at radius 2 is 1.74 bits per heavy atom. The van der Waals surface area contributed by atoms with Gasteiger partial charge in [-0.1, -0.05) is 41.6 Å². The van der Waals surface area contributed by atoms with Crippen LogP contribution in [0.2, 0.25) is 5.02 Å². The summed E-state index contributed by atoms with van der Waals surface area (Å²) in [5.74, 6) is -0.582. The van der Waals surface area contributed by atoms with Crippen LogP contribution in [0.3, 0.4) is 0 Å². The van der Waals surface area contributed by atoms with Crippen LogP contribution >= 0.6 is 23.4 Å². The molecular formula is C21H17ClN4O3S2. The van der Waals surface area contributed by atoms with Crippen LogP contribution in [-0.4, -0.2) is 20.0 Å². The van der Waals surface area contributed by atoms with Gasteiger partial charge >= 0.3 is 0 Å². The van der Waals surface area contributed by atoms with E-state index in [-0.39, 0.29) is 15.5 Å². The zero-order chi connectivity index (χ0) is 22.2. The smallest absolute Gasteiger partial charge is 0.271 e. The fourth-order valence-corrected chi connectivity index (χ4v) is 5.03. The molecule has 3 aromatic carbocycles. The van der Waals surface area contributed by atoms with Gasteiger partial charge in [-0.05, 0) is 55.0 Å². The predicted molar refractivity (Wildman–Crippen MR) is 123 cm³/mol. The number of carbonyl (C=O) groups is 1. The Hall–Kier alpha value is -2.85. The Morgan fingerprint density at radius 1 is 1.03 bits per heavy atom. The monoisotopic (exact) mass is 472 g/mol. The van der Waals surface area contributed by atoms with E-state index in [0.29, 0.717) is 5.71 Å². The topological polar surface area (TPSA) is 114 Å². The number of sulfonamides is 1. The van der Waals surface area contributed by atoms with Crippen molar-refractivity contribution in [1.82, 2.24) is 5.43 Å². The summed E-state index contributed by atoms with van der Waals surface area (Å²) in [5.41, 5.74) is 5.91. The van der Waals surface area contributed by atoms with Crippen LogP contribution in [-0.2, 0) is 10.0 Å². The van der Waals surface area contributed by atoms with Crippen molar-refractivity contribution >= 4 is 56.4 Å². The number of halogens is 1. The lowest BCUT2D eigenvalue weighted by Gasteiger charge is -2.21. The molecule has 31 heavy (non-hydrogen) atoms. The largest absolute Gasteiger partial charge is 0.354 e. The molecule has 4 rings (SSSR count). The molecule has 1 aliphatic rings. The molecule has 1 aliphatic heterocycles. The van der Waals surface area contributed by atoms with Crippen molar-refractivity contribution < 1.29 is 13.2 Å². The number of hydrazone groups is 1. The van der Waals surface area contributed by atoms with Gasteiger partial charge in [0.15, 0.2) is 0 Å². The molecule has 0 radical (unpaired) electrons. The number of hydrogen-bond acceptors (Lipinski definition) is 6. The van der Waals surface area contributed by atoms with Crippen LogP contribution in [0.4, 0.5) is 11.4 Å². The summed E-state index contributed by atoms with van der Waals surface area (Å²) in [6.07, 6.45) is 0. The Bertz CT molecular complexity index is 1340. The molecule has 3 aromatic rings. The second-order valence-electron chi connectivity index (χ2n) is 6.76. The number of carbonyl (C=O) groups excluding carboxylic acids is 1. The second-order valence-corrected chi connectivity index (χ2v) is 9.78. The highest BCUT2D eigenvalue weighted by Crippen LogP contribution is 2.44. The third-order valence-electron chi connectivity index (χ3n) is 4.60. The summed E-state index contributed by atoms with van der Waals surface area (Å²) in [5, 5.41) is 12.6. The number of fused-ring (bicyclic) bond motifs is 2. The minimum absolute atomic E-state index is 0.0558. The first-order valence-electron chi connectivity index (χ1n) is 9.08. The van der Waals surface area contributed by atoms with E-state index in [2.05, 4.69) is 21.9 Å². The van der Waals surface area contributed by atoms with Gasteiger partial charge in [0, 0.05) is 15.4 Å². The van der Waals surface area contributed by atoms with Crippen molar-refractivity contribution in [3.8, 4) is 0 Å². The van der Waals surface area contributed by atoms with E-state index in [4.69, 9.17) is 16.7 Å². The Morgan fingerprint density at radius 3 is 2.52 bits per heavy atom. The van der Waals surface area contributed by atoms with Crippen LogP contribution in [0.5, 0.6) is 0 Å². The molecule has 0 atom stereocenters. The van der Waals surface area contributed by atoms with Crippen molar-refractivity contribution in [2.45, 2.75) is 21.6 Å². The van der Waals surface area contributed by atoms with Crippen molar-refractivity contribution in [2.75, 3.05) is 5.32 Å². The first-order chi connectivity index (χ1) is 14.7. The van der Waals surface area contributed by atoms with E-state index in [9.17, 15) is 13.2 Å². The summed E-state index contributed by atoms with van der Waals surface area (Å²) in [4.78, 5) is 14.4. The highest BCUT2D eigenvalue weighted by molar-refractivity contribution is 7.99. The lowest BCUT2D eigenvalue weighted by atomic mass is 10.1. The molecule has 158 valence electrons. The number of anilines is 2. The quantitative estimate of drug-likeness (QED) is 0.302. The van der Waals surface area contributed by atoms with Gasteiger partial charge in [0.1, 0.15) is 4.90 Å². The van der Waals surface area contributed by atoms with E-state index < -0.39 is 15.9 Å². The third-order valence-corrected chi connectivity index (χ3v) is 7.14. The number of nitrogens with one attached hydrogen (secondary N) is 2. The lowest BCUT2D eigenvalue weighted by molar-refractivity contribution is 0.0954. The van der Waals surface area contributed by atoms with Crippen molar-refractivity contribution in [3.05, 3.63) is 76.8 Å². The van der Waals surface area contributed by atoms with E-state index in [0.717, 1.165) is 32.8 Å². The third kappa shape index (κ3) is 4.59. The van der Waals surface area contributed by atoms with Gasteiger partial charge < -0.3 is 5.32 Å². The minimum Gasteiger partial charge on any atom is -0.354 e. The molecule has 0 fully saturated rings. The maximum Gasteiger partial charge on any atom is 0.271 e. The van der Waals surface area contributed by atoms with Crippen LogP contribution in [0.1, 0.15) is 22.8 Å². The number of nitrogens with zero attached hydrogens (tertiary/aromatic N) is 1. The molecule has 0 saturated carbocycles. The molecule has 0 bridgehead atoms. The molecule has 0 unspecified atom stereocenters. The van der Waals surface area contributed by atoms with Gasteiger partial charge in [-0.15, -0.1) is 0 Å². The van der Waals surface area contributed by atoms with E-state index in [1.807, 2.05) is 36.4 Å². The Kier molecular flexibility index (Phi) is 5.76. The first kappa shape index (κ1) is 21.4. The molecular weight excluding hydrogens is 456 g/mol. The first-order valence-corrected chi connectivity index (χ1v) is 11.8. The summed E-state index contributed by atoms with van der Waals surface area (Å²) in [6.45, 7) is 1.77. The lowest BCUT2D eigenvalue weighted by Crippen LogP contribution is -2.20. The number of nitrogens with two attached hydrogens (primary N) is 1. The summed E-state index contributed by atoms with van der Waals surface area (Å²) in [7, 11) is -4.05. The van der Waals surface area contributed by atoms with E-state index in [1.54, 1.807) is 18.7 Å². The standard InChI is InChI=1S/C21H17ClN4O3S2/c1-12(25-26-21(27)14-6-8-15(22)20(11-14)31(23,28)29)13-7-9-19-17(10-13)24-16-4-2-3-5-18(16)30-19/h2-11,24H,1H3,(H,26,27)(H2,23,28,29). The highest BCUT2D eigenvalue weighted by atomic mass is 35.5. The zero-order valence-electron chi connectivity index (χ0n) is 16.2. The molecule has 10 heteroatoms. The van der Waals surface area contributed by atoms with Crippen molar-refractivity contribution in [2.24, 2.45) is 10.2 Å². The molecule has 7 nitrogen and oxygen atoms in total. The van der Waals surface area contributed by atoms with Crippen LogP contribution in [0.25, 0.3) is 0 Å². The van der Waals surface area contributed by atoms with Gasteiger partial charge in [-0.25, -0.2) is 19.0 Å². The maximum absolute atomic E-state index is 12.4. The zero-order valence-corrected chi connectivity index (χ0v) is 18.6. The van der Waals surface area contributed by atoms with E-state index >= 15 is 0 Å². The number of amides is 1. The van der Waals surface area contributed by atoms with Gasteiger partial charge in [-0.3, -0.25) is 4.79 Å². The number of benzene rings is 3. The number of rotatable bonds is 4. The molecule has 0 saturated heterocycles. The van der Waals surface area contributed by atoms with Gasteiger partial charge in [0.05, 0.1) is 22.1 Å². The fraction of sp³-hybridized carbons (Fsp3) is 0.0476. The average molecular weight is 473 g/mol. The number of hydrogen-bond donors (Lipinski definition) is 3. The van der Waals surface area contributed by atoms with Crippen LogP contribution in [0.15, 0.2) is 80.5 Å². The second kappa shape index (κ2) is 8.35. The minimum atomic E-state index is -4.05. The molecule has 4 N–H and O–H groups in total. The molecule has 1 heterocycles. The fourth-order valence-electron chi connectivity index (χ4n) is 2.99. The summed E-state index contributed by atoms with van der Waals surface area (Å²) in [6, 6.07) is 17.8. The molecule has 0 aliphatic carbocycles. The maximum atomic E-state index is 12.4. The van der Waals surface area contributed by atoms with Crippen molar-refractivity contribution in [1.29, 1.82) is 0 Å². The SMILES string of the molecule is CC(=NNC(=O)c1ccc(Cl)c(S(N)(=O)=O)c1)c1ccc2c(c1)Nc1ccccc1S2. The molecule has 1 amide bonds. The summed E-state index contributed by atoms with van der Waals surface area (Å²) >= 11 is 7.54. The van der Waals surface area contributed by atoms with Gasteiger partial charge in [0.25, 0.3) is 5.91 Å². The number of primary sulfonamides is 1. The van der Waals surface area contributed by atoms with Crippen molar-refractivity contribution in [3.63, 3.8) is 0 Å². The molecule has 0 spiro atoms. The Labute approximate surface area is 188 Å².